The minimum Gasteiger partial charge on any atom is -0.480 e. The monoisotopic (exact) mass is 438 g/mol. The molecular formula is C24H26N2O6. The van der Waals surface area contributed by atoms with Gasteiger partial charge in [-0.05, 0) is 42.0 Å². The van der Waals surface area contributed by atoms with Crippen molar-refractivity contribution in [2.75, 3.05) is 6.61 Å². The average Bonchev–Trinajstić information content (AvgIpc) is 3.06. The maximum absolute atomic E-state index is 12.3. The number of alkyl carbamates (subject to hydrolysis) is 1. The largest absolute Gasteiger partial charge is 0.480 e. The van der Waals surface area contributed by atoms with Crippen molar-refractivity contribution in [2.24, 2.45) is 5.92 Å². The SMILES string of the molecule is CC(O)C(NC(=O)C1CC(NC(=O)OCC2c3ccccc3-c3ccccc32)C1)C(=O)O. The number of carbonyl (C=O) groups is 3. The number of amides is 2. The number of aliphatic carboxylic acids is 1. The fourth-order valence-electron chi connectivity index (χ4n) is 4.42. The first-order valence-electron chi connectivity index (χ1n) is 10.7. The van der Waals surface area contributed by atoms with E-state index in [2.05, 4.69) is 22.8 Å². The molecule has 2 aliphatic carbocycles. The standard InChI is InChI=1S/C24H26N2O6/c1-13(27)21(23(29)30)26-22(28)14-10-15(11-14)25-24(31)32-12-20-18-8-4-2-6-16(18)17-7-3-5-9-19(17)20/h2-9,13-15,20-21,27H,10-12H2,1H3,(H,25,31)(H,26,28)(H,29,30). The van der Waals surface area contributed by atoms with Crippen LogP contribution in [0.15, 0.2) is 48.5 Å². The zero-order chi connectivity index (χ0) is 22.8. The third-order valence-electron chi connectivity index (χ3n) is 6.22. The van der Waals surface area contributed by atoms with Gasteiger partial charge in [-0.1, -0.05) is 48.5 Å². The molecule has 1 fully saturated rings. The number of carboxylic acid groups (broad SMARTS) is 1. The van der Waals surface area contributed by atoms with E-state index in [1.807, 2.05) is 36.4 Å². The molecule has 0 saturated heterocycles. The molecule has 4 N–H and O–H groups in total. The molecule has 8 nitrogen and oxygen atoms in total. The lowest BCUT2D eigenvalue weighted by atomic mass is 9.79. The van der Waals surface area contributed by atoms with E-state index in [0.29, 0.717) is 12.8 Å². The highest BCUT2D eigenvalue weighted by Gasteiger charge is 2.38. The van der Waals surface area contributed by atoms with Crippen LogP contribution in [0.25, 0.3) is 11.1 Å². The number of hydrogen-bond acceptors (Lipinski definition) is 5. The smallest absolute Gasteiger partial charge is 0.407 e. The van der Waals surface area contributed by atoms with Gasteiger partial charge in [0.1, 0.15) is 6.61 Å². The first-order valence-corrected chi connectivity index (χ1v) is 10.7. The molecule has 0 spiro atoms. The van der Waals surface area contributed by atoms with Crippen LogP contribution >= 0.6 is 0 Å². The second-order valence-corrected chi connectivity index (χ2v) is 8.40. The third-order valence-corrected chi connectivity index (χ3v) is 6.22. The molecule has 32 heavy (non-hydrogen) atoms. The van der Waals surface area contributed by atoms with Gasteiger partial charge in [-0.2, -0.15) is 0 Å². The quantitative estimate of drug-likeness (QED) is 0.526. The van der Waals surface area contributed by atoms with Gasteiger partial charge in [-0.15, -0.1) is 0 Å². The van der Waals surface area contributed by atoms with Gasteiger partial charge in [-0.3, -0.25) is 4.79 Å². The van der Waals surface area contributed by atoms with Gasteiger partial charge in [0.2, 0.25) is 5.91 Å². The second kappa shape index (κ2) is 9.00. The van der Waals surface area contributed by atoms with Crippen LogP contribution in [0.4, 0.5) is 4.79 Å². The molecule has 2 aromatic rings. The van der Waals surface area contributed by atoms with Crippen LogP contribution in [0.1, 0.15) is 36.8 Å². The first kappa shape index (κ1) is 21.8. The Hall–Kier alpha value is -3.39. The van der Waals surface area contributed by atoms with Crippen molar-refractivity contribution in [3.63, 3.8) is 0 Å². The number of carbonyl (C=O) groups excluding carboxylic acids is 2. The number of carboxylic acids is 1. The predicted octanol–water partition coefficient (Wildman–Crippen LogP) is 2.25. The minimum atomic E-state index is -1.35. The van der Waals surface area contributed by atoms with Crippen LogP contribution in [0.2, 0.25) is 0 Å². The molecular weight excluding hydrogens is 412 g/mol. The molecule has 0 aliphatic heterocycles. The average molecular weight is 438 g/mol. The zero-order valence-corrected chi connectivity index (χ0v) is 17.7. The van der Waals surface area contributed by atoms with E-state index in [0.717, 1.165) is 22.3 Å². The lowest BCUT2D eigenvalue weighted by molar-refractivity contribution is -0.146. The summed E-state index contributed by atoms with van der Waals surface area (Å²) in [6, 6.07) is 14.6. The molecule has 2 atom stereocenters. The molecule has 2 unspecified atom stereocenters. The molecule has 2 aliphatic rings. The van der Waals surface area contributed by atoms with Crippen LogP contribution in [-0.2, 0) is 14.3 Å². The summed E-state index contributed by atoms with van der Waals surface area (Å²) in [5.41, 5.74) is 4.57. The normalized spacial score (nSPS) is 20.8. The Morgan fingerprint density at radius 3 is 2.12 bits per heavy atom. The molecule has 1 saturated carbocycles. The number of aliphatic hydroxyl groups excluding tert-OH is 1. The van der Waals surface area contributed by atoms with Crippen LogP contribution < -0.4 is 10.6 Å². The van der Waals surface area contributed by atoms with Gasteiger partial charge in [0.15, 0.2) is 6.04 Å². The molecule has 2 amide bonds. The lowest BCUT2D eigenvalue weighted by Gasteiger charge is -2.35. The van der Waals surface area contributed by atoms with Gasteiger partial charge < -0.3 is 25.6 Å². The Morgan fingerprint density at radius 2 is 1.59 bits per heavy atom. The van der Waals surface area contributed by atoms with Gasteiger partial charge in [0.25, 0.3) is 0 Å². The Balaban J connectivity index is 1.27. The molecule has 0 heterocycles. The summed E-state index contributed by atoms with van der Waals surface area (Å²) < 4.78 is 5.51. The Labute approximate surface area is 185 Å². The summed E-state index contributed by atoms with van der Waals surface area (Å²) >= 11 is 0. The summed E-state index contributed by atoms with van der Waals surface area (Å²) in [6.45, 7) is 1.52. The van der Waals surface area contributed by atoms with Crippen LogP contribution in [0.5, 0.6) is 0 Å². The van der Waals surface area contributed by atoms with Crippen LogP contribution in [0.3, 0.4) is 0 Å². The van der Waals surface area contributed by atoms with E-state index < -0.39 is 36.0 Å². The van der Waals surface area contributed by atoms with Crippen molar-refractivity contribution in [1.29, 1.82) is 0 Å². The van der Waals surface area contributed by atoms with Crippen molar-refractivity contribution in [3.05, 3.63) is 59.7 Å². The lowest BCUT2D eigenvalue weighted by Crippen LogP contribution is -2.54. The molecule has 0 bridgehead atoms. The van der Waals surface area contributed by atoms with E-state index in [9.17, 15) is 19.5 Å². The fraction of sp³-hybridized carbons (Fsp3) is 0.375. The fourth-order valence-corrected chi connectivity index (χ4v) is 4.42. The second-order valence-electron chi connectivity index (χ2n) is 8.40. The van der Waals surface area contributed by atoms with E-state index in [4.69, 9.17) is 9.84 Å². The van der Waals surface area contributed by atoms with Crippen molar-refractivity contribution >= 4 is 18.0 Å². The highest BCUT2D eigenvalue weighted by molar-refractivity contribution is 5.86. The molecule has 168 valence electrons. The molecule has 8 heteroatoms. The van der Waals surface area contributed by atoms with Crippen LogP contribution in [0, 0.1) is 5.92 Å². The topological polar surface area (TPSA) is 125 Å². The first-order chi connectivity index (χ1) is 15.3. The number of nitrogens with one attached hydrogen (secondary N) is 2. The highest BCUT2D eigenvalue weighted by atomic mass is 16.5. The van der Waals surface area contributed by atoms with Crippen LogP contribution in [-0.4, -0.2) is 53.0 Å². The number of benzene rings is 2. The Kier molecular flexibility index (Phi) is 6.14. The number of fused-ring (bicyclic) bond motifs is 3. The summed E-state index contributed by atoms with van der Waals surface area (Å²) in [4.78, 5) is 35.6. The van der Waals surface area contributed by atoms with Crippen molar-refractivity contribution in [1.82, 2.24) is 10.6 Å². The van der Waals surface area contributed by atoms with E-state index in [1.165, 1.54) is 6.92 Å². The molecule has 4 rings (SSSR count). The maximum atomic E-state index is 12.3. The van der Waals surface area contributed by atoms with Crippen molar-refractivity contribution in [2.45, 2.75) is 43.9 Å². The Morgan fingerprint density at radius 1 is 1.03 bits per heavy atom. The van der Waals surface area contributed by atoms with E-state index in [1.54, 1.807) is 0 Å². The zero-order valence-electron chi connectivity index (χ0n) is 17.7. The van der Waals surface area contributed by atoms with Crippen molar-refractivity contribution < 1.29 is 29.3 Å². The summed E-state index contributed by atoms with van der Waals surface area (Å²) in [7, 11) is 0. The van der Waals surface area contributed by atoms with Gasteiger partial charge in [-0.25, -0.2) is 9.59 Å². The van der Waals surface area contributed by atoms with E-state index >= 15 is 0 Å². The highest BCUT2D eigenvalue weighted by Crippen LogP contribution is 2.44. The molecule has 0 radical (unpaired) electrons. The minimum absolute atomic E-state index is 0.0264. The Bertz CT molecular complexity index is 985. The predicted molar refractivity (Wildman–Crippen MR) is 116 cm³/mol. The number of hydrogen-bond donors (Lipinski definition) is 4. The third kappa shape index (κ3) is 4.31. The number of aliphatic hydroxyl groups is 1. The van der Waals surface area contributed by atoms with Crippen molar-refractivity contribution in [3.8, 4) is 11.1 Å². The van der Waals surface area contributed by atoms with Gasteiger partial charge in [0.05, 0.1) is 6.10 Å². The molecule has 2 aromatic carbocycles. The molecule has 0 aromatic heterocycles. The summed E-state index contributed by atoms with van der Waals surface area (Å²) in [5, 5.41) is 23.6. The maximum Gasteiger partial charge on any atom is 0.407 e. The number of rotatable bonds is 7. The van der Waals surface area contributed by atoms with Gasteiger partial charge >= 0.3 is 12.1 Å². The number of ether oxygens (including phenoxy) is 1. The summed E-state index contributed by atoms with van der Waals surface area (Å²) in [6.07, 6.45) is -0.959. The summed E-state index contributed by atoms with van der Waals surface area (Å²) in [5.74, 6) is -2.17. The van der Waals surface area contributed by atoms with E-state index in [-0.39, 0.29) is 18.6 Å². The van der Waals surface area contributed by atoms with Gasteiger partial charge in [0, 0.05) is 17.9 Å².